The first-order valence-electron chi connectivity index (χ1n) is 13.9. The summed E-state index contributed by atoms with van der Waals surface area (Å²) in [6.07, 6.45) is -13.9. The maximum atomic E-state index is 14.3. The van der Waals surface area contributed by atoms with E-state index in [0.717, 1.165) is 30.7 Å². The predicted molar refractivity (Wildman–Crippen MR) is 117 cm³/mol. The number of nitrogens with zero attached hydrogens (tertiary/aromatic N) is 3. The van der Waals surface area contributed by atoms with Gasteiger partial charge in [-0.15, -0.1) is 0 Å². The summed E-state index contributed by atoms with van der Waals surface area (Å²) in [5, 5.41) is 3.46. The molecule has 0 radical (unpaired) electrons. The van der Waals surface area contributed by atoms with Crippen molar-refractivity contribution in [1.29, 1.82) is 0 Å². The number of anilines is 1. The molecular formula is C21H19Cl2F4N5O. The molecule has 0 amide bonds. The van der Waals surface area contributed by atoms with Gasteiger partial charge in [-0.1, -0.05) is 23.2 Å². The van der Waals surface area contributed by atoms with E-state index in [1.165, 1.54) is 0 Å². The van der Waals surface area contributed by atoms with Crippen LogP contribution >= 0.6 is 23.2 Å². The van der Waals surface area contributed by atoms with Gasteiger partial charge in [0, 0.05) is 45.1 Å². The fourth-order valence-corrected chi connectivity index (χ4v) is 3.28. The fourth-order valence-electron chi connectivity index (χ4n) is 2.74. The molecule has 3 aromatic rings. The standard InChI is InChI=1S/C21H19Cl2F4N5O/c22-14-1-2-15(24)18(23)17(14)19(21(25,26)27)33-16-7-11(8-30-20(16)28)12-9-31-32(10-12)13-3-5-29-6-4-13/h1-2,7-10,13,19,29H,3-6H2,(H2,28,30)/i3D2,4D2,5D2,6D2,13D,19D. The first-order chi connectivity index (χ1) is 19.4. The van der Waals surface area contributed by atoms with Crippen LogP contribution in [0.4, 0.5) is 23.4 Å². The lowest BCUT2D eigenvalue weighted by Gasteiger charge is -2.24. The normalized spacial score (nSPS) is 28.5. The molecule has 0 bridgehead atoms. The Morgan fingerprint density at radius 3 is 2.70 bits per heavy atom. The zero-order valence-electron chi connectivity index (χ0n) is 26.1. The van der Waals surface area contributed by atoms with Crippen molar-refractivity contribution in [2.75, 3.05) is 18.7 Å². The maximum Gasteiger partial charge on any atom is 0.429 e. The van der Waals surface area contributed by atoms with Crippen LogP contribution in [0.25, 0.3) is 11.1 Å². The van der Waals surface area contributed by atoms with Crippen molar-refractivity contribution in [2.45, 2.75) is 31.0 Å². The third kappa shape index (κ3) is 5.02. The summed E-state index contributed by atoms with van der Waals surface area (Å²) in [6, 6.07) is -1.14. The van der Waals surface area contributed by atoms with Crippen LogP contribution in [0.2, 0.25) is 10.0 Å². The third-order valence-corrected chi connectivity index (χ3v) is 4.94. The van der Waals surface area contributed by atoms with E-state index < -0.39 is 77.0 Å². The Labute approximate surface area is 210 Å². The molecule has 0 aliphatic carbocycles. The van der Waals surface area contributed by atoms with Gasteiger partial charge in [0.05, 0.1) is 20.0 Å². The van der Waals surface area contributed by atoms with Gasteiger partial charge in [-0.05, 0) is 43.9 Å². The van der Waals surface area contributed by atoms with Crippen LogP contribution in [0, 0.1) is 5.82 Å². The van der Waals surface area contributed by atoms with Gasteiger partial charge in [0.15, 0.2) is 11.6 Å². The smallest absolute Gasteiger partial charge is 0.429 e. The predicted octanol–water partition coefficient (Wildman–Crippen LogP) is 5.58. The van der Waals surface area contributed by atoms with E-state index in [0.29, 0.717) is 10.7 Å². The number of pyridine rings is 1. The monoisotopic (exact) mass is 513 g/mol. The van der Waals surface area contributed by atoms with Crippen molar-refractivity contribution in [1.82, 2.24) is 20.1 Å². The van der Waals surface area contributed by atoms with Gasteiger partial charge in [0.1, 0.15) is 5.82 Å². The molecule has 1 saturated heterocycles. The van der Waals surface area contributed by atoms with Crippen molar-refractivity contribution >= 4 is 29.0 Å². The number of nitrogens with one attached hydrogen (secondary N) is 1. The Balaban J connectivity index is 1.83. The molecule has 1 aliphatic rings. The lowest BCUT2D eigenvalue weighted by Crippen LogP contribution is -2.29. The third-order valence-electron chi connectivity index (χ3n) is 4.25. The second kappa shape index (κ2) is 9.36. The minimum Gasteiger partial charge on any atom is -0.472 e. The van der Waals surface area contributed by atoms with Gasteiger partial charge in [-0.2, -0.15) is 18.3 Å². The van der Waals surface area contributed by atoms with E-state index in [1.54, 1.807) is 5.32 Å². The van der Waals surface area contributed by atoms with E-state index in [1.807, 2.05) is 0 Å². The first-order valence-corrected chi connectivity index (χ1v) is 9.61. The molecule has 0 spiro atoms. The Hall–Kier alpha value is -2.56. The Morgan fingerprint density at radius 2 is 2.00 bits per heavy atom. The molecule has 176 valence electrons. The fraction of sp³-hybridized carbons (Fsp3) is 0.333. The van der Waals surface area contributed by atoms with Crippen molar-refractivity contribution in [3.05, 3.63) is 58.2 Å². The second-order valence-electron chi connectivity index (χ2n) is 6.40. The number of nitrogen functional groups attached to an aromatic ring is 1. The molecule has 6 nitrogen and oxygen atoms in total. The zero-order chi connectivity index (χ0) is 32.8. The average Bonchev–Trinajstić information content (AvgIpc) is 3.35. The minimum absolute atomic E-state index is 0.167. The number of hydrogen-bond donors (Lipinski definition) is 2. The lowest BCUT2D eigenvalue weighted by molar-refractivity contribution is -0.197. The lowest BCUT2D eigenvalue weighted by atomic mass is 10.1. The summed E-state index contributed by atoms with van der Waals surface area (Å²) < 4.78 is 144. The molecule has 33 heavy (non-hydrogen) atoms. The van der Waals surface area contributed by atoms with E-state index in [9.17, 15) is 17.6 Å². The number of piperidine rings is 1. The number of aromatic nitrogens is 3. The van der Waals surface area contributed by atoms with E-state index >= 15 is 0 Å². The number of nitrogens with two attached hydrogens (primary N) is 1. The quantitative estimate of drug-likeness (QED) is 0.344. The van der Waals surface area contributed by atoms with E-state index in [-0.39, 0.29) is 11.1 Å². The number of halogens is 6. The van der Waals surface area contributed by atoms with Gasteiger partial charge in [0.25, 0.3) is 0 Å². The molecule has 1 fully saturated rings. The Kier molecular flexibility index (Phi) is 3.97. The topological polar surface area (TPSA) is 78.0 Å². The highest BCUT2D eigenvalue weighted by atomic mass is 35.5. The Morgan fingerprint density at radius 1 is 1.27 bits per heavy atom. The van der Waals surface area contributed by atoms with Crippen LogP contribution in [0.5, 0.6) is 5.75 Å². The molecule has 3 heterocycles. The molecule has 4 rings (SSSR count). The highest BCUT2D eigenvalue weighted by Gasteiger charge is 2.46. The first kappa shape index (κ1) is 14.0. The van der Waals surface area contributed by atoms with E-state index in [2.05, 4.69) is 10.1 Å². The molecule has 1 atom stereocenters. The number of benzene rings is 1. The van der Waals surface area contributed by atoms with Crippen molar-refractivity contribution in [2.24, 2.45) is 0 Å². The summed E-state index contributed by atoms with van der Waals surface area (Å²) in [4.78, 5) is 3.72. The summed E-state index contributed by atoms with van der Waals surface area (Å²) in [5.74, 6) is -2.88. The number of alkyl halides is 3. The molecule has 2 aromatic heterocycles. The summed E-state index contributed by atoms with van der Waals surface area (Å²) in [5.41, 5.74) is 4.08. The minimum atomic E-state index is -5.58. The molecule has 1 unspecified atom stereocenters. The zero-order valence-corrected chi connectivity index (χ0v) is 17.6. The number of ether oxygens (including phenoxy) is 1. The second-order valence-corrected chi connectivity index (χ2v) is 7.19. The van der Waals surface area contributed by atoms with E-state index in [4.69, 9.17) is 47.4 Å². The molecular weight excluding hydrogens is 485 g/mol. The van der Waals surface area contributed by atoms with Crippen LogP contribution < -0.4 is 15.8 Å². The van der Waals surface area contributed by atoms with Gasteiger partial charge in [-0.25, -0.2) is 9.37 Å². The maximum absolute atomic E-state index is 14.3. The molecule has 1 aliphatic heterocycles. The summed E-state index contributed by atoms with van der Waals surface area (Å²) in [7, 11) is 0. The van der Waals surface area contributed by atoms with Gasteiger partial charge in [-0.3, -0.25) is 4.68 Å². The molecule has 0 saturated carbocycles. The van der Waals surface area contributed by atoms with Gasteiger partial charge in [0.2, 0.25) is 6.08 Å². The number of rotatable bonds is 5. The SMILES string of the molecule is [2H]C1([2H])NC([2H])([2H])C([2H])([2H])C([2H])(n2cc(-c3cnc(N)c(OC([2H])(c4c(Cl)ccc(F)c4Cl)C(F)(F)F)c3)cn2)C1([2H])[2H]. The Bertz CT molecular complexity index is 1570. The summed E-state index contributed by atoms with van der Waals surface area (Å²) >= 11 is 11.6. The summed E-state index contributed by atoms with van der Waals surface area (Å²) in [6.45, 7) is -6.57. The highest BCUT2D eigenvalue weighted by molar-refractivity contribution is 6.36. The van der Waals surface area contributed by atoms with Crippen molar-refractivity contribution in [3.63, 3.8) is 0 Å². The van der Waals surface area contributed by atoms with Gasteiger partial charge >= 0.3 is 6.18 Å². The molecule has 1 aromatic carbocycles. The van der Waals surface area contributed by atoms with Crippen molar-refractivity contribution < 1.29 is 36.0 Å². The van der Waals surface area contributed by atoms with Crippen LogP contribution in [0.3, 0.4) is 0 Å². The van der Waals surface area contributed by atoms with Crippen LogP contribution in [-0.2, 0) is 0 Å². The average molecular weight is 514 g/mol. The van der Waals surface area contributed by atoms with Gasteiger partial charge < -0.3 is 15.8 Å². The molecule has 3 N–H and O–H groups in total. The van der Waals surface area contributed by atoms with Crippen molar-refractivity contribution in [3.8, 4) is 16.9 Å². The molecule has 12 heteroatoms. The number of hydrogen-bond acceptors (Lipinski definition) is 5. The van der Waals surface area contributed by atoms with Crippen LogP contribution in [0.15, 0.2) is 36.8 Å². The largest absolute Gasteiger partial charge is 0.472 e. The van der Waals surface area contributed by atoms with Crippen LogP contribution in [-0.4, -0.2) is 33.9 Å². The van der Waals surface area contributed by atoms with Crippen LogP contribution in [0.1, 0.15) is 44.1 Å². The highest BCUT2D eigenvalue weighted by Crippen LogP contribution is 2.44.